The average molecular weight is 1010 g/mol. The van der Waals surface area contributed by atoms with Gasteiger partial charge in [-0.1, -0.05) is 109 Å². The Labute approximate surface area is 421 Å². The second kappa shape index (κ2) is 20.6. The summed E-state index contributed by atoms with van der Waals surface area (Å²) in [5.41, 5.74) is 13.8. The Morgan fingerprint density at radius 1 is 0.814 bits per heavy atom. The van der Waals surface area contributed by atoms with Gasteiger partial charge in [-0.05, 0) is 143 Å². The van der Waals surface area contributed by atoms with E-state index in [9.17, 15) is 25.9 Å². The summed E-state index contributed by atoms with van der Waals surface area (Å²) in [7, 11) is -8.29. The van der Waals surface area contributed by atoms with Crippen LogP contribution < -0.4 is 20.1 Å². The second-order valence-corrected chi connectivity index (χ2v) is 24.5. The van der Waals surface area contributed by atoms with Gasteiger partial charge in [-0.2, -0.15) is 16.8 Å². The standard InChI is InChI=1S/C30H39NO6S2.C24H27NO3S.C2H6/c1-8-31-28-15-27-22(14-25(28)24(16-29(31,4)5)17-38-37-36-32)13-21-12-20(9-10-26(21)30(27,6)7)23(11-19(2)3)18-39(33,34)35;1-6-25-22-13-21-17(11-16-9-7-8-10-20(16)24(21,4)5)12-19(22)18(14-23(25,2)3)15-29(26,27)28;1-2/h10-16,19,32H,8-9,17-18H2,1-7H3,(H,33,34,35);7-14H,6,15H2,1-5H3;1-2H3/p+1/b23-11-;;. The van der Waals surface area contributed by atoms with Gasteiger partial charge in [-0.25, -0.2) is 9.83 Å². The van der Waals surface area contributed by atoms with Crippen LogP contribution in [0.25, 0.3) is 23.3 Å². The predicted octanol–water partition coefficient (Wildman–Crippen LogP) is 10.9. The lowest BCUT2D eigenvalue weighted by molar-refractivity contribution is -0.432. The van der Waals surface area contributed by atoms with Crippen molar-refractivity contribution in [3.63, 3.8) is 0 Å². The van der Waals surface area contributed by atoms with Crippen molar-refractivity contribution in [3.05, 3.63) is 151 Å². The number of allylic oxidation sites excluding steroid dienone is 6. The van der Waals surface area contributed by atoms with Crippen LogP contribution in [0.3, 0.4) is 0 Å². The molecule has 0 unspecified atom stereocenters. The highest BCUT2D eigenvalue weighted by molar-refractivity contribution is 7.95. The number of hydrogen-bond acceptors (Lipinski definition) is 9. The molecule has 0 saturated heterocycles. The van der Waals surface area contributed by atoms with E-state index in [0.29, 0.717) is 23.3 Å². The lowest BCUT2D eigenvalue weighted by Gasteiger charge is -2.45. The van der Waals surface area contributed by atoms with Crippen molar-refractivity contribution in [1.29, 1.82) is 0 Å². The lowest BCUT2D eigenvalue weighted by Crippen LogP contribution is -2.50. The summed E-state index contributed by atoms with van der Waals surface area (Å²) in [5.74, 6) is -0.123. The smallest absolute Gasteiger partial charge is 0.269 e. The van der Waals surface area contributed by atoms with Gasteiger partial charge in [0.25, 0.3) is 20.2 Å². The minimum atomic E-state index is -4.16. The highest BCUT2D eigenvalue weighted by Gasteiger charge is 2.40. The number of nitrogens with zero attached hydrogens (tertiary/aromatic N) is 2. The molecule has 3 aromatic rings. The average Bonchev–Trinajstić information content (AvgIpc) is 3.25. The molecule has 8 rings (SSSR count). The van der Waals surface area contributed by atoms with Crippen LogP contribution in [0.15, 0.2) is 101 Å². The third-order valence-corrected chi connectivity index (χ3v) is 16.0. The fraction of sp³-hybridized carbons (Fsp3) is 0.446. The molecule has 3 aromatic carbocycles. The van der Waals surface area contributed by atoms with Crippen LogP contribution in [0.5, 0.6) is 0 Å². The van der Waals surface area contributed by atoms with Gasteiger partial charge in [0.15, 0.2) is 5.54 Å². The number of hydrogen-bond donors (Lipinski definition) is 3. The van der Waals surface area contributed by atoms with Crippen LogP contribution >= 0.6 is 12.0 Å². The second-order valence-electron chi connectivity index (χ2n) is 20.9. The first-order chi connectivity index (χ1) is 32.6. The third kappa shape index (κ3) is 11.3. The molecule has 5 aliphatic rings. The molecule has 0 aromatic heterocycles. The maximum Gasteiger partial charge on any atom is 0.269 e. The molecule has 3 aliphatic carbocycles. The number of rotatable bonds is 12. The zero-order valence-electron chi connectivity index (χ0n) is 43.4. The Hall–Kier alpha value is -4.38. The van der Waals surface area contributed by atoms with E-state index in [2.05, 4.69) is 157 Å². The summed E-state index contributed by atoms with van der Waals surface area (Å²) in [4.78, 5) is 2.40. The van der Waals surface area contributed by atoms with E-state index >= 15 is 0 Å². The quantitative estimate of drug-likeness (QED) is 0.0397. The van der Waals surface area contributed by atoms with Crippen LogP contribution in [-0.4, -0.2) is 72.6 Å². The molecule has 0 bridgehead atoms. The Balaban J connectivity index is 0.000000230. The highest BCUT2D eigenvalue weighted by atomic mass is 32.2. The SMILES string of the molecule is CC.CCN1c2cc3c(cc2C(CSOOO)=CC1(C)C)C=C1C=C(/C(=C\C(C)C)CS(=O)(=O)O)CC=C1C3(C)C.CC[N+]1=c2cc3c(cc2C(CS(=O)(=O)O)=CC1(C)C)=Cc1ccccc1C3(C)C. The summed E-state index contributed by atoms with van der Waals surface area (Å²) < 4.78 is 73.2. The number of fused-ring (bicyclic) bond motifs is 6. The molecule has 0 spiro atoms. The monoisotopic (exact) mass is 1010 g/mol. The Bertz CT molecular complexity index is 3110. The fourth-order valence-electron chi connectivity index (χ4n) is 11.3. The van der Waals surface area contributed by atoms with Gasteiger partial charge in [-0.3, -0.25) is 9.11 Å². The summed E-state index contributed by atoms with van der Waals surface area (Å²) in [5, 5.41) is 14.6. The number of likely N-dealkylation sites (N-methyl/N-ethyl adjacent to an activating group) is 2. The van der Waals surface area contributed by atoms with Gasteiger partial charge >= 0.3 is 0 Å². The fourth-order valence-corrected chi connectivity index (χ4v) is 13.0. The minimum Gasteiger partial charge on any atom is -0.363 e. The molecule has 0 fully saturated rings. The molecule has 14 heteroatoms. The van der Waals surface area contributed by atoms with Crippen LogP contribution in [0.1, 0.15) is 142 Å². The van der Waals surface area contributed by atoms with Crippen molar-refractivity contribution in [3.8, 4) is 0 Å². The van der Waals surface area contributed by atoms with Crippen molar-refractivity contribution in [2.24, 2.45) is 5.92 Å². The summed E-state index contributed by atoms with van der Waals surface area (Å²) in [6.45, 7) is 31.4. The van der Waals surface area contributed by atoms with Crippen LogP contribution in [0.2, 0.25) is 0 Å². The van der Waals surface area contributed by atoms with E-state index < -0.39 is 26.0 Å². The van der Waals surface area contributed by atoms with Crippen LogP contribution in [0.4, 0.5) is 5.69 Å². The topological polar surface area (TPSA) is 154 Å². The van der Waals surface area contributed by atoms with Crippen molar-refractivity contribution in [2.45, 2.75) is 125 Å². The third-order valence-electron chi connectivity index (χ3n) is 14.0. The number of anilines is 1. The first kappa shape index (κ1) is 54.9. The van der Waals surface area contributed by atoms with E-state index in [-0.39, 0.29) is 33.6 Å². The molecule has 3 N–H and O–H groups in total. The predicted molar refractivity (Wildman–Crippen MR) is 289 cm³/mol. The Kier molecular flexibility index (Phi) is 16.2. The molecule has 0 saturated carbocycles. The van der Waals surface area contributed by atoms with Crippen molar-refractivity contribution in [1.82, 2.24) is 4.58 Å². The molecule has 0 atom stereocenters. The van der Waals surface area contributed by atoms with Crippen molar-refractivity contribution >= 4 is 61.3 Å². The van der Waals surface area contributed by atoms with Crippen molar-refractivity contribution in [2.75, 3.05) is 35.2 Å². The maximum absolute atomic E-state index is 11.8. The van der Waals surface area contributed by atoms with Crippen LogP contribution in [-0.2, 0) is 40.4 Å². The summed E-state index contributed by atoms with van der Waals surface area (Å²) >= 11 is 1.03. The molecular formula is C56H73N2O9S3+. The normalized spacial score (nSPS) is 19.0. The zero-order valence-corrected chi connectivity index (χ0v) is 45.8. The maximum atomic E-state index is 11.8. The molecule has 2 aliphatic heterocycles. The van der Waals surface area contributed by atoms with Crippen LogP contribution in [0, 0.1) is 5.92 Å². The minimum absolute atomic E-state index is 0.145. The van der Waals surface area contributed by atoms with E-state index in [1.807, 2.05) is 45.9 Å². The molecule has 11 nitrogen and oxygen atoms in total. The van der Waals surface area contributed by atoms with E-state index in [1.165, 1.54) is 27.8 Å². The molecule has 0 radical (unpaired) electrons. The van der Waals surface area contributed by atoms with Gasteiger partial charge in [0.1, 0.15) is 18.1 Å². The summed E-state index contributed by atoms with van der Waals surface area (Å²) in [6, 6.07) is 17.3. The molecule has 70 heavy (non-hydrogen) atoms. The zero-order chi connectivity index (χ0) is 51.9. The first-order valence-corrected chi connectivity index (χ1v) is 28.4. The van der Waals surface area contributed by atoms with E-state index in [1.54, 1.807) is 0 Å². The molecular weight excluding hydrogens is 941 g/mol. The lowest BCUT2D eigenvalue weighted by atomic mass is 9.66. The summed E-state index contributed by atoms with van der Waals surface area (Å²) in [6.07, 6.45) is 15.4. The molecule has 0 amide bonds. The van der Waals surface area contributed by atoms with Crippen molar-refractivity contribution < 1.29 is 40.6 Å². The van der Waals surface area contributed by atoms with Gasteiger partial charge in [0, 0.05) is 66.3 Å². The van der Waals surface area contributed by atoms with Gasteiger partial charge in [0.2, 0.25) is 5.36 Å². The largest absolute Gasteiger partial charge is 0.363 e. The van der Waals surface area contributed by atoms with E-state index in [4.69, 9.17) is 9.59 Å². The van der Waals surface area contributed by atoms with Gasteiger partial charge in [-0.15, -0.1) is 4.33 Å². The van der Waals surface area contributed by atoms with Gasteiger partial charge in [0.05, 0.1) is 11.1 Å². The number of benzene rings is 3. The molecule has 378 valence electrons. The first-order valence-electron chi connectivity index (χ1n) is 24.3. The Morgan fingerprint density at radius 3 is 2.11 bits per heavy atom. The van der Waals surface area contributed by atoms with Gasteiger partial charge < -0.3 is 4.90 Å². The Morgan fingerprint density at radius 2 is 1.50 bits per heavy atom. The van der Waals surface area contributed by atoms with E-state index in [0.717, 1.165) is 74.8 Å². The highest BCUT2D eigenvalue weighted by Crippen LogP contribution is 2.50. The molecule has 2 heterocycles.